The fraction of sp³-hybridized carbons (Fsp3) is 0.743. The van der Waals surface area contributed by atoms with Crippen LogP contribution in [0.5, 0.6) is 0 Å². The van der Waals surface area contributed by atoms with Crippen LogP contribution in [-0.4, -0.2) is 62.6 Å². The highest BCUT2D eigenvalue weighted by Gasteiger charge is 2.88. The third kappa shape index (κ3) is 5.25. The number of hydrogen-bond acceptors (Lipinski definition) is 8. The SMILES string of the molecule is C/C=C(/C)C(=O)O[C@H]1[C@@H](C)[C@]2(O)[C@@H](C=C(CO)C[C@]3(O)C(=O)C(C)=C[C@@H]23)[C@H]2C(C)(C)[C@]12OC(=O)CCCCCCCCC. The van der Waals surface area contributed by atoms with E-state index < -0.39 is 63.7 Å². The number of carbonyl (C=O) groups is 3. The molecule has 2 saturated carbocycles. The van der Waals surface area contributed by atoms with Crippen molar-refractivity contribution < 1.29 is 39.2 Å². The predicted octanol–water partition coefficient (Wildman–Crippen LogP) is 5.14. The van der Waals surface area contributed by atoms with Crippen LogP contribution >= 0.6 is 0 Å². The highest BCUT2D eigenvalue weighted by atomic mass is 16.6. The van der Waals surface area contributed by atoms with Crippen molar-refractivity contribution in [2.45, 2.75) is 129 Å². The Morgan fingerprint density at radius 2 is 1.70 bits per heavy atom. The molecule has 4 aliphatic rings. The van der Waals surface area contributed by atoms with E-state index in [1.54, 1.807) is 45.9 Å². The molecule has 0 bridgehead atoms. The third-order valence-electron chi connectivity index (χ3n) is 11.2. The smallest absolute Gasteiger partial charge is 0.333 e. The monoisotopic (exact) mass is 600 g/mol. The van der Waals surface area contributed by atoms with Crippen molar-refractivity contribution in [2.24, 2.45) is 29.1 Å². The van der Waals surface area contributed by atoms with Crippen molar-refractivity contribution in [3.05, 3.63) is 34.9 Å². The first-order valence-corrected chi connectivity index (χ1v) is 16.2. The van der Waals surface area contributed by atoms with Crippen molar-refractivity contribution in [1.82, 2.24) is 0 Å². The normalized spacial score (nSPS) is 37.8. The van der Waals surface area contributed by atoms with Crippen LogP contribution < -0.4 is 0 Å². The van der Waals surface area contributed by atoms with Crippen molar-refractivity contribution in [3.63, 3.8) is 0 Å². The van der Waals surface area contributed by atoms with Crippen LogP contribution in [0.1, 0.15) is 106 Å². The number of hydrogen-bond donors (Lipinski definition) is 3. The lowest BCUT2D eigenvalue weighted by Gasteiger charge is -2.53. The van der Waals surface area contributed by atoms with Gasteiger partial charge in [0.25, 0.3) is 0 Å². The lowest BCUT2D eigenvalue weighted by atomic mass is 9.59. The van der Waals surface area contributed by atoms with E-state index in [1.807, 2.05) is 13.8 Å². The number of carbonyl (C=O) groups excluding carboxylic acids is 3. The number of ketones is 1. The standard InChI is InChI=1S/C35H52O8/c1-8-10-11-12-13-14-15-16-27(37)43-35-28(32(35,6)7)25-18-24(20-36)19-33(40)26(17-22(4)29(33)38)34(25,41)23(5)30(35)42-31(39)21(3)9-2/h9,17-18,23,25-26,28,30,36,40-41H,8,10-16,19-20H2,1-7H3/b21-9-/t23-,25+,26-,28+,30+,33-,34+,35-/m1/s1. The summed E-state index contributed by atoms with van der Waals surface area (Å²) in [6.45, 7) is 12.4. The molecular formula is C35H52O8. The number of Topliss-reactive ketones (excluding diaryl/α,β-unsaturated/α-hetero) is 1. The Bertz CT molecular complexity index is 1210. The fourth-order valence-electron chi connectivity index (χ4n) is 8.62. The lowest BCUT2D eigenvalue weighted by molar-refractivity contribution is -0.227. The maximum atomic E-state index is 13.5. The zero-order valence-electron chi connectivity index (χ0n) is 27.1. The summed E-state index contributed by atoms with van der Waals surface area (Å²) in [5.41, 5.74) is -4.46. The van der Waals surface area contributed by atoms with Crippen molar-refractivity contribution in [3.8, 4) is 0 Å². The Morgan fingerprint density at radius 1 is 1.07 bits per heavy atom. The second kappa shape index (κ2) is 12.2. The minimum absolute atomic E-state index is 0.118. The first kappa shape index (κ1) is 33.6. The summed E-state index contributed by atoms with van der Waals surface area (Å²) < 4.78 is 12.6. The Morgan fingerprint density at radius 3 is 2.30 bits per heavy atom. The van der Waals surface area contributed by atoms with Crippen LogP contribution in [0.2, 0.25) is 0 Å². The molecule has 4 aliphatic carbocycles. The molecule has 0 heterocycles. The molecule has 0 spiro atoms. The van der Waals surface area contributed by atoms with Crippen LogP contribution in [0.4, 0.5) is 0 Å². The highest BCUT2D eigenvalue weighted by Crippen LogP contribution is 2.77. The van der Waals surface area contributed by atoms with E-state index in [-0.39, 0.29) is 25.4 Å². The van der Waals surface area contributed by atoms with Crippen molar-refractivity contribution in [1.29, 1.82) is 0 Å². The van der Waals surface area contributed by atoms with Gasteiger partial charge in [-0.3, -0.25) is 9.59 Å². The topological polar surface area (TPSA) is 130 Å². The number of aliphatic hydroxyl groups is 3. The number of aliphatic hydroxyl groups excluding tert-OH is 1. The molecule has 0 unspecified atom stereocenters. The Balaban J connectivity index is 1.73. The molecule has 4 rings (SSSR count). The summed E-state index contributed by atoms with van der Waals surface area (Å²) in [6.07, 6.45) is 11.6. The van der Waals surface area contributed by atoms with Gasteiger partial charge in [0.15, 0.2) is 11.4 Å². The molecule has 0 aromatic carbocycles. The van der Waals surface area contributed by atoms with Crippen LogP contribution in [-0.2, 0) is 23.9 Å². The number of ether oxygens (including phenoxy) is 2. The van der Waals surface area contributed by atoms with E-state index in [0.717, 1.165) is 19.3 Å². The number of rotatable bonds is 12. The van der Waals surface area contributed by atoms with Crippen LogP contribution in [0.25, 0.3) is 0 Å². The van der Waals surface area contributed by atoms with Gasteiger partial charge in [-0.15, -0.1) is 0 Å². The quantitative estimate of drug-likeness (QED) is 0.122. The van der Waals surface area contributed by atoms with Gasteiger partial charge in [0.2, 0.25) is 0 Å². The van der Waals surface area contributed by atoms with Gasteiger partial charge < -0.3 is 24.8 Å². The molecule has 3 N–H and O–H groups in total. The molecule has 8 heteroatoms. The molecule has 0 aromatic heterocycles. The maximum absolute atomic E-state index is 13.5. The summed E-state index contributed by atoms with van der Waals surface area (Å²) in [4.78, 5) is 40.0. The first-order chi connectivity index (χ1) is 20.2. The third-order valence-corrected chi connectivity index (χ3v) is 11.2. The second-order valence-electron chi connectivity index (χ2n) is 14.1. The molecule has 0 aliphatic heterocycles. The Labute approximate surface area is 256 Å². The fourth-order valence-corrected chi connectivity index (χ4v) is 8.62. The zero-order valence-corrected chi connectivity index (χ0v) is 27.1. The summed E-state index contributed by atoms with van der Waals surface area (Å²) in [5, 5.41) is 35.0. The largest absolute Gasteiger partial charge is 0.454 e. The number of fused-ring (bicyclic) bond motifs is 5. The van der Waals surface area contributed by atoms with Gasteiger partial charge in [0.1, 0.15) is 11.7 Å². The van der Waals surface area contributed by atoms with Crippen LogP contribution in [0.3, 0.4) is 0 Å². The van der Waals surface area contributed by atoms with E-state index >= 15 is 0 Å². The van der Waals surface area contributed by atoms with Gasteiger partial charge in [-0.1, -0.05) is 84.4 Å². The molecule has 8 nitrogen and oxygen atoms in total. The Kier molecular flexibility index (Phi) is 9.57. The van der Waals surface area contributed by atoms with Crippen molar-refractivity contribution in [2.75, 3.05) is 6.61 Å². The highest BCUT2D eigenvalue weighted by molar-refractivity contribution is 6.04. The minimum Gasteiger partial charge on any atom is -0.454 e. The molecule has 8 atom stereocenters. The molecule has 0 radical (unpaired) electrons. The van der Waals surface area contributed by atoms with Crippen LogP contribution in [0, 0.1) is 29.1 Å². The number of unbranched alkanes of at least 4 members (excludes halogenated alkanes) is 6. The number of allylic oxidation sites excluding steroid dienone is 1. The van der Waals surface area contributed by atoms with Gasteiger partial charge in [-0.2, -0.15) is 0 Å². The van der Waals surface area contributed by atoms with Gasteiger partial charge in [-0.25, -0.2) is 4.79 Å². The van der Waals surface area contributed by atoms with E-state index in [1.165, 1.54) is 19.3 Å². The lowest BCUT2D eigenvalue weighted by Crippen LogP contribution is -2.66. The van der Waals surface area contributed by atoms with Gasteiger partial charge in [-0.05, 0) is 38.3 Å². The summed E-state index contributed by atoms with van der Waals surface area (Å²) >= 11 is 0. The average molecular weight is 601 g/mol. The molecular weight excluding hydrogens is 548 g/mol. The summed E-state index contributed by atoms with van der Waals surface area (Å²) in [5.74, 6) is -4.44. The summed E-state index contributed by atoms with van der Waals surface area (Å²) in [7, 11) is 0. The van der Waals surface area contributed by atoms with E-state index in [9.17, 15) is 29.7 Å². The van der Waals surface area contributed by atoms with Crippen molar-refractivity contribution >= 4 is 17.7 Å². The van der Waals surface area contributed by atoms with Crippen LogP contribution in [0.15, 0.2) is 34.9 Å². The molecule has 0 amide bonds. The number of esters is 2. The molecule has 0 aromatic rings. The van der Waals surface area contributed by atoms with E-state index in [2.05, 4.69) is 6.92 Å². The second-order valence-corrected chi connectivity index (χ2v) is 14.1. The molecule has 43 heavy (non-hydrogen) atoms. The minimum atomic E-state index is -1.95. The van der Waals surface area contributed by atoms with E-state index in [4.69, 9.17) is 9.47 Å². The maximum Gasteiger partial charge on any atom is 0.333 e. The predicted molar refractivity (Wildman–Crippen MR) is 163 cm³/mol. The Hall–Kier alpha value is -2.29. The first-order valence-electron chi connectivity index (χ1n) is 16.2. The average Bonchev–Trinajstić information content (AvgIpc) is 3.39. The van der Waals surface area contributed by atoms with Gasteiger partial charge in [0.05, 0.1) is 12.2 Å². The van der Waals surface area contributed by atoms with E-state index in [0.29, 0.717) is 23.1 Å². The molecule has 2 fully saturated rings. The van der Waals surface area contributed by atoms with Gasteiger partial charge in [0, 0.05) is 47.5 Å². The van der Waals surface area contributed by atoms with Gasteiger partial charge >= 0.3 is 11.9 Å². The summed E-state index contributed by atoms with van der Waals surface area (Å²) in [6, 6.07) is 0. The zero-order chi connectivity index (χ0) is 32.0. The molecule has 240 valence electrons. The molecule has 0 saturated heterocycles.